The summed E-state index contributed by atoms with van der Waals surface area (Å²) in [5.74, 6) is 0.886. The molecule has 0 amide bonds. The van der Waals surface area contributed by atoms with Gasteiger partial charge in [-0.25, -0.2) is 4.98 Å². The van der Waals surface area contributed by atoms with Gasteiger partial charge in [0.1, 0.15) is 11.9 Å². The number of anilines is 1. The van der Waals surface area contributed by atoms with Gasteiger partial charge in [0, 0.05) is 31.7 Å². The number of nitrogens with zero attached hydrogens (tertiary/aromatic N) is 6. The van der Waals surface area contributed by atoms with E-state index in [2.05, 4.69) is 26.0 Å². The number of hydrogen-bond acceptors (Lipinski definition) is 5. The van der Waals surface area contributed by atoms with Crippen molar-refractivity contribution < 1.29 is 0 Å². The third-order valence-electron chi connectivity index (χ3n) is 2.84. The summed E-state index contributed by atoms with van der Waals surface area (Å²) in [4.78, 5) is 10.4. The highest BCUT2D eigenvalue weighted by Crippen LogP contribution is 2.24. The third-order valence-corrected chi connectivity index (χ3v) is 2.84. The minimum absolute atomic E-state index is 0.319. The zero-order valence-electron chi connectivity index (χ0n) is 9.06. The van der Waals surface area contributed by atoms with E-state index in [-0.39, 0.29) is 0 Å². The Morgan fingerprint density at radius 3 is 2.82 bits per heavy atom. The van der Waals surface area contributed by atoms with Crippen LogP contribution >= 0.6 is 0 Å². The summed E-state index contributed by atoms with van der Waals surface area (Å²) >= 11 is 0. The maximum absolute atomic E-state index is 8.72. The molecule has 2 aromatic heterocycles. The maximum Gasteiger partial charge on any atom is 0.147 e. The highest BCUT2D eigenvalue weighted by atomic mass is 15.4. The Morgan fingerprint density at radius 1 is 1.29 bits per heavy atom. The highest BCUT2D eigenvalue weighted by Gasteiger charge is 2.29. The summed E-state index contributed by atoms with van der Waals surface area (Å²) in [7, 11) is 0. The van der Waals surface area contributed by atoms with Crippen LogP contribution in [0.4, 0.5) is 5.82 Å². The average molecular weight is 226 g/mol. The molecule has 0 bridgehead atoms. The lowest BCUT2D eigenvalue weighted by molar-refractivity contribution is 0.365. The van der Waals surface area contributed by atoms with Crippen molar-refractivity contribution >= 4 is 5.82 Å². The summed E-state index contributed by atoms with van der Waals surface area (Å²) in [5, 5.41) is 12.9. The van der Waals surface area contributed by atoms with Crippen LogP contribution < -0.4 is 4.90 Å². The number of rotatable bonds is 2. The largest absolute Gasteiger partial charge is 0.351 e. The van der Waals surface area contributed by atoms with Crippen LogP contribution in [0, 0.1) is 11.3 Å². The quantitative estimate of drug-likeness (QED) is 0.750. The molecule has 6 nitrogen and oxygen atoms in total. The first-order chi connectivity index (χ1) is 8.36. The minimum atomic E-state index is 0.319. The van der Waals surface area contributed by atoms with E-state index in [1.807, 2.05) is 4.68 Å². The molecular formula is C11H10N6. The lowest BCUT2D eigenvalue weighted by atomic mass is 10.1. The molecular weight excluding hydrogens is 216 g/mol. The zero-order chi connectivity index (χ0) is 11.7. The predicted octanol–water partition coefficient (Wildman–Crippen LogP) is 0.606. The van der Waals surface area contributed by atoms with E-state index in [0.717, 1.165) is 18.9 Å². The van der Waals surface area contributed by atoms with Gasteiger partial charge in [-0.1, -0.05) is 0 Å². The van der Waals surface area contributed by atoms with Gasteiger partial charge in [-0.15, -0.1) is 0 Å². The SMILES string of the molecule is N#Cc1cnn(C2CN(c3cnccn3)C2)c1. The molecule has 2 aromatic rings. The standard InChI is InChI=1S/C11H10N6/c12-3-9-4-15-17(6-9)10-7-16(8-10)11-5-13-1-2-14-11/h1-2,4-6,10H,7-8H2. The first-order valence-corrected chi connectivity index (χ1v) is 5.32. The van der Waals surface area contributed by atoms with Crippen molar-refractivity contribution in [2.75, 3.05) is 18.0 Å². The summed E-state index contributed by atoms with van der Waals surface area (Å²) in [6.45, 7) is 1.70. The smallest absolute Gasteiger partial charge is 0.147 e. The fourth-order valence-electron chi connectivity index (χ4n) is 1.86. The Hall–Kier alpha value is -2.42. The molecule has 0 spiro atoms. The van der Waals surface area contributed by atoms with E-state index in [4.69, 9.17) is 5.26 Å². The Labute approximate surface area is 98.1 Å². The number of hydrogen-bond donors (Lipinski definition) is 0. The van der Waals surface area contributed by atoms with E-state index in [1.54, 1.807) is 31.0 Å². The molecule has 0 N–H and O–H groups in total. The Bertz CT molecular complexity index is 549. The maximum atomic E-state index is 8.72. The summed E-state index contributed by atoms with van der Waals surface area (Å²) in [5.41, 5.74) is 0.600. The molecule has 84 valence electrons. The molecule has 6 heteroatoms. The molecule has 0 radical (unpaired) electrons. The summed E-state index contributed by atoms with van der Waals surface area (Å²) in [6, 6.07) is 2.39. The predicted molar refractivity (Wildman–Crippen MR) is 60.2 cm³/mol. The van der Waals surface area contributed by atoms with Crippen LogP contribution in [0.15, 0.2) is 31.0 Å². The van der Waals surface area contributed by atoms with Crippen LogP contribution in [0.25, 0.3) is 0 Å². The fraction of sp³-hybridized carbons (Fsp3) is 0.273. The van der Waals surface area contributed by atoms with E-state index < -0.39 is 0 Å². The van der Waals surface area contributed by atoms with Gasteiger partial charge in [0.05, 0.1) is 24.0 Å². The molecule has 1 aliphatic heterocycles. The molecule has 0 aromatic carbocycles. The van der Waals surface area contributed by atoms with Gasteiger partial charge in [-0.3, -0.25) is 9.67 Å². The monoisotopic (exact) mass is 226 g/mol. The van der Waals surface area contributed by atoms with Gasteiger partial charge < -0.3 is 4.90 Å². The second-order valence-electron chi connectivity index (χ2n) is 3.94. The van der Waals surface area contributed by atoms with Crippen molar-refractivity contribution in [3.05, 3.63) is 36.5 Å². The molecule has 0 atom stereocenters. The average Bonchev–Trinajstić information content (AvgIpc) is 2.77. The first-order valence-electron chi connectivity index (χ1n) is 5.32. The van der Waals surface area contributed by atoms with E-state index >= 15 is 0 Å². The van der Waals surface area contributed by atoms with Crippen molar-refractivity contribution in [1.82, 2.24) is 19.7 Å². The number of aromatic nitrogens is 4. The summed E-state index contributed by atoms with van der Waals surface area (Å²) in [6.07, 6.45) is 8.46. The third kappa shape index (κ3) is 1.72. The molecule has 0 unspecified atom stereocenters. The van der Waals surface area contributed by atoms with Gasteiger partial charge in [0.25, 0.3) is 0 Å². The van der Waals surface area contributed by atoms with Gasteiger partial charge in [0.15, 0.2) is 0 Å². The fourth-order valence-corrected chi connectivity index (χ4v) is 1.86. The molecule has 1 fully saturated rings. The normalized spacial score (nSPS) is 15.4. The van der Waals surface area contributed by atoms with Crippen LogP contribution in [0.5, 0.6) is 0 Å². The van der Waals surface area contributed by atoms with Crippen molar-refractivity contribution in [1.29, 1.82) is 5.26 Å². The van der Waals surface area contributed by atoms with Crippen molar-refractivity contribution in [3.8, 4) is 6.07 Å². The number of nitriles is 1. The molecule has 1 aliphatic rings. The van der Waals surface area contributed by atoms with Crippen molar-refractivity contribution in [2.24, 2.45) is 0 Å². The molecule has 0 saturated carbocycles. The first kappa shape index (κ1) is 9.78. The lowest BCUT2D eigenvalue weighted by Crippen LogP contribution is -2.48. The van der Waals surface area contributed by atoms with E-state index in [0.29, 0.717) is 11.6 Å². The Kier molecular flexibility index (Phi) is 2.22. The van der Waals surface area contributed by atoms with Crippen LogP contribution in [-0.2, 0) is 0 Å². The highest BCUT2D eigenvalue weighted by molar-refractivity contribution is 5.39. The second-order valence-corrected chi connectivity index (χ2v) is 3.94. The molecule has 17 heavy (non-hydrogen) atoms. The van der Waals surface area contributed by atoms with Crippen LogP contribution in [0.3, 0.4) is 0 Å². The van der Waals surface area contributed by atoms with Gasteiger partial charge in [0.2, 0.25) is 0 Å². The van der Waals surface area contributed by atoms with Crippen molar-refractivity contribution in [2.45, 2.75) is 6.04 Å². The van der Waals surface area contributed by atoms with Crippen LogP contribution in [-0.4, -0.2) is 32.8 Å². The lowest BCUT2D eigenvalue weighted by Gasteiger charge is -2.39. The van der Waals surface area contributed by atoms with Gasteiger partial charge in [-0.2, -0.15) is 10.4 Å². The van der Waals surface area contributed by atoms with Crippen molar-refractivity contribution in [3.63, 3.8) is 0 Å². The van der Waals surface area contributed by atoms with Gasteiger partial charge >= 0.3 is 0 Å². The molecule has 3 heterocycles. The van der Waals surface area contributed by atoms with Crippen LogP contribution in [0.2, 0.25) is 0 Å². The Balaban J connectivity index is 1.67. The molecule has 3 rings (SSSR count). The summed E-state index contributed by atoms with van der Waals surface area (Å²) < 4.78 is 1.84. The zero-order valence-corrected chi connectivity index (χ0v) is 9.06. The van der Waals surface area contributed by atoms with E-state index in [1.165, 1.54) is 0 Å². The second kappa shape index (κ2) is 3.87. The minimum Gasteiger partial charge on any atom is -0.351 e. The topological polar surface area (TPSA) is 70.6 Å². The molecule has 0 aliphatic carbocycles. The van der Waals surface area contributed by atoms with E-state index in [9.17, 15) is 0 Å². The van der Waals surface area contributed by atoms with Crippen LogP contribution in [0.1, 0.15) is 11.6 Å². The Morgan fingerprint density at radius 2 is 2.18 bits per heavy atom. The molecule has 1 saturated heterocycles. The van der Waals surface area contributed by atoms with Gasteiger partial charge in [-0.05, 0) is 0 Å².